The summed E-state index contributed by atoms with van der Waals surface area (Å²) in [6.45, 7) is 1.79. The van der Waals surface area contributed by atoms with Crippen LogP contribution in [-0.4, -0.2) is 193 Å². The van der Waals surface area contributed by atoms with Crippen molar-refractivity contribution in [3.63, 3.8) is 0 Å². The predicted octanol–water partition coefficient (Wildman–Crippen LogP) is 8.27. The van der Waals surface area contributed by atoms with Gasteiger partial charge in [0.1, 0.15) is 73.2 Å². The lowest BCUT2D eigenvalue weighted by Gasteiger charge is -2.48. The first-order valence-corrected chi connectivity index (χ1v) is 34.1. The summed E-state index contributed by atoms with van der Waals surface area (Å²) in [5.74, 6) is -0.254. The summed E-state index contributed by atoms with van der Waals surface area (Å²) in [6.07, 6.45) is 26.8. The van der Waals surface area contributed by atoms with Gasteiger partial charge in [0, 0.05) is 6.42 Å². The third kappa shape index (κ3) is 31.7. The molecule has 1 amide bonds. The Labute approximate surface area is 511 Å². The molecule has 17 unspecified atom stereocenters. The van der Waals surface area contributed by atoms with Gasteiger partial charge in [-0.05, 0) is 44.9 Å². The van der Waals surface area contributed by atoms with Crippen LogP contribution >= 0.6 is 0 Å². The Bertz CT molecular complexity index is 1640. The van der Waals surface area contributed by atoms with Gasteiger partial charge < -0.3 is 89.9 Å². The van der Waals surface area contributed by atoms with Crippen LogP contribution in [0.3, 0.4) is 0 Å². The molecule has 3 aliphatic rings. The van der Waals surface area contributed by atoms with Crippen molar-refractivity contribution in [2.24, 2.45) is 0 Å². The second-order valence-corrected chi connectivity index (χ2v) is 24.6. The first-order chi connectivity index (χ1) is 41.3. The van der Waals surface area contributed by atoms with E-state index in [1.54, 1.807) is 0 Å². The first kappa shape index (κ1) is 77.5. The highest BCUT2D eigenvalue weighted by Gasteiger charge is 2.53. The predicted molar refractivity (Wildman–Crippen MR) is 328 cm³/mol. The minimum absolute atomic E-state index is 0.252. The molecule has 17 atom stereocenters. The lowest BCUT2D eigenvalue weighted by Crippen LogP contribution is -2.66. The standard InChI is InChI=1S/C66H123NO18/c1-3-5-7-9-11-13-15-17-19-21-22-23-24-25-26-27-28-29-31-33-35-37-39-41-43-50(71)49(67-54(72)44-42-40-38-36-34-32-30-20-18-16-14-12-10-8-6-4-2)48-80-64-60(78)57(75)62(52(46-69)82-64)85-66-61(79)58(76)63(53(47-70)83-66)84-65-59(77)56(74)55(73)51(45-68)81-65/h14,16,20,30,49-53,55-66,68-71,73-79H,3-13,15,17-19,21-29,31-48H2,1-2H3,(H,67,72)/b16-14-,30-20-. The molecule has 3 fully saturated rings. The SMILES string of the molecule is CCCCCC/C=C\C/C=C\CCCCCCCC(=O)NC(COC1OC(CO)C(OC2OC(CO)C(OC3OC(CO)C(O)C(O)C3O)C(O)C2O)C(O)C1O)C(O)CCCCCCCCCCCCCCCCCCCCCCCCCC. The summed E-state index contributed by atoms with van der Waals surface area (Å²) in [7, 11) is 0. The van der Waals surface area contributed by atoms with E-state index >= 15 is 0 Å². The number of carbonyl (C=O) groups excluding carboxylic acids is 1. The summed E-state index contributed by atoms with van der Waals surface area (Å²) in [6, 6.07) is -0.893. The van der Waals surface area contributed by atoms with Gasteiger partial charge in [-0.25, -0.2) is 0 Å². The number of carbonyl (C=O) groups is 1. The summed E-state index contributed by atoms with van der Waals surface area (Å²) in [4.78, 5) is 13.4. The van der Waals surface area contributed by atoms with Crippen LogP contribution in [-0.2, 0) is 33.2 Å². The second kappa shape index (κ2) is 49.0. The first-order valence-electron chi connectivity index (χ1n) is 34.1. The molecule has 12 N–H and O–H groups in total. The molecule has 0 aromatic rings. The molecule has 0 bridgehead atoms. The van der Waals surface area contributed by atoms with E-state index in [9.17, 15) is 61.0 Å². The van der Waals surface area contributed by atoms with Gasteiger partial charge in [-0.15, -0.1) is 0 Å². The zero-order chi connectivity index (χ0) is 61.9. The van der Waals surface area contributed by atoms with E-state index in [-0.39, 0.29) is 18.9 Å². The maximum absolute atomic E-state index is 13.4. The summed E-state index contributed by atoms with van der Waals surface area (Å²) in [5, 5.41) is 121. The molecule has 3 aliphatic heterocycles. The van der Waals surface area contributed by atoms with E-state index in [1.165, 1.54) is 154 Å². The topological polar surface area (TPSA) is 307 Å². The van der Waals surface area contributed by atoms with Crippen molar-refractivity contribution in [1.29, 1.82) is 0 Å². The van der Waals surface area contributed by atoms with Crippen LogP contribution in [0.4, 0.5) is 0 Å². The highest BCUT2D eigenvalue weighted by molar-refractivity contribution is 5.76. The van der Waals surface area contributed by atoms with Gasteiger partial charge in [0.2, 0.25) is 5.91 Å². The lowest BCUT2D eigenvalue weighted by molar-refractivity contribution is -0.379. The van der Waals surface area contributed by atoms with Crippen LogP contribution in [0.1, 0.15) is 258 Å². The number of aliphatic hydroxyl groups is 11. The van der Waals surface area contributed by atoms with Crippen molar-refractivity contribution in [2.75, 3.05) is 26.4 Å². The maximum Gasteiger partial charge on any atom is 0.220 e. The van der Waals surface area contributed by atoms with Crippen molar-refractivity contribution < 1.29 is 89.4 Å². The smallest absolute Gasteiger partial charge is 0.220 e. The van der Waals surface area contributed by atoms with E-state index in [0.717, 1.165) is 70.6 Å². The van der Waals surface area contributed by atoms with Crippen molar-refractivity contribution in [3.05, 3.63) is 24.3 Å². The molecule has 19 heteroatoms. The van der Waals surface area contributed by atoms with Crippen LogP contribution < -0.4 is 5.32 Å². The fourth-order valence-corrected chi connectivity index (χ4v) is 11.7. The molecule has 0 saturated carbocycles. The van der Waals surface area contributed by atoms with Gasteiger partial charge in [0.05, 0.1) is 38.6 Å². The van der Waals surface area contributed by atoms with Gasteiger partial charge in [-0.1, -0.05) is 231 Å². The van der Waals surface area contributed by atoms with E-state index in [1.807, 2.05) is 0 Å². The molecule has 3 saturated heterocycles. The van der Waals surface area contributed by atoms with Crippen molar-refractivity contribution in [1.82, 2.24) is 5.32 Å². The van der Waals surface area contributed by atoms with Crippen molar-refractivity contribution in [3.8, 4) is 0 Å². The zero-order valence-electron chi connectivity index (χ0n) is 52.6. The molecular formula is C66H123NO18. The number of rotatable bonds is 52. The molecule has 0 aromatic heterocycles. The van der Waals surface area contributed by atoms with E-state index in [4.69, 9.17) is 28.4 Å². The monoisotopic (exact) mass is 1220 g/mol. The van der Waals surface area contributed by atoms with Crippen LogP contribution in [0.2, 0.25) is 0 Å². The highest BCUT2D eigenvalue weighted by Crippen LogP contribution is 2.33. The Morgan fingerprint density at radius 1 is 0.424 bits per heavy atom. The van der Waals surface area contributed by atoms with Crippen LogP contribution in [0.15, 0.2) is 24.3 Å². The molecule has 85 heavy (non-hydrogen) atoms. The Kier molecular flexibility index (Phi) is 44.7. The normalized spacial score (nSPS) is 29.1. The summed E-state index contributed by atoms with van der Waals surface area (Å²) >= 11 is 0. The van der Waals surface area contributed by atoms with Crippen molar-refractivity contribution in [2.45, 2.75) is 362 Å². The molecule has 19 nitrogen and oxygen atoms in total. The number of ether oxygens (including phenoxy) is 6. The molecule has 3 heterocycles. The molecule has 500 valence electrons. The van der Waals surface area contributed by atoms with Gasteiger partial charge in [0.15, 0.2) is 18.9 Å². The second-order valence-electron chi connectivity index (χ2n) is 24.6. The Balaban J connectivity index is 1.44. The molecule has 0 spiro atoms. The average Bonchev–Trinajstić information content (AvgIpc) is 3.49. The molecular weight excluding hydrogens is 1090 g/mol. The van der Waals surface area contributed by atoms with E-state index < -0.39 is 124 Å². The van der Waals surface area contributed by atoms with E-state index in [0.29, 0.717) is 12.8 Å². The fraction of sp³-hybridized carbons (Fsp3) is 0.924. The maximum atomic E-state index is 13.4. The largest absolute Gasteiger partial charge is 0.394 e. The number of amides is 1. The van der Waals surface area contributed by atoms with Crippen molar-refractivity contribution >= 4 is 5.91 Å². The highest BCUT2D eigenvalue weighted by atomic mass is 16.8. The summed E-state index contributed by atoms with van der Waals surface area (Å²) < 4.78 is 34.4. The number of hydrogen-bond acceptors (Lipinski definition) is 18. The van der Waals surface area contributed by atoms with Gasteiger partial charge >= 0.3 is 0 Å². The van der Waals surface area contributed by atoms with Gasteiger partial charge in [-0.3, -0.25) is 4.79 Å². The Morgan fingerprint density at radius 2 is 0.776 bits per heavy atom. The van der Waals surface area contributed by atoms with Crippen LogP contribution in [0.5, 0.6) is 0 Å². The number of hydrogen-bond donors (Lipinski definition) is 12. The van der Waals surface area contributed by atoms with Crippen LogP contribution in [0.25, 0.3) is 0 Å². The quantitative estimate of drug-likeness (QED) is 0.0201. The fourth-order valence-electron chi connectivity index (χ4n) is 11.7. The average molecular weight is 1220 g/mol. The minimum atomic E-state index is -1.97. The van der Waals surface area contributed by atoms with E-state index in [2.05, 4.69) is 43.5 Å². The minimum Gasteiger partial charge on any atom is -0.394 e. The van der Waals surface area contributed by atoms with Gasteiger partial charge in [-0.2, -0.15) is 0 Å². The molecule has 0 aromatic carbocycles. The molecule has 0 radical (unpaired) electrons. The Hall–Kier alpha value is -1.73. The lowest BCUT2D eigenvalue weighted by atomic mass is 9.96. The third-order valence-electron chi connectivity index (χ3n) is 17.3. The zero-order valence-corrected chi connectivity index (χ0v) is 52.6. The Morgan fingerprint density at radius 3 is 1.21 bits per heavy atom. The number of nitrogens with one attached hydrogen (secondary N) is 1. The number of allylic oxidation sites excluding steroid dienone is 4. The van der Waals surface area contributed by atoms with Crippen LogP contribution in [0, 0.1) is 0 Å². The number of unbranched alkanes of at least 4 members (excludes halogenated alkanes) is 32. The molecule has 0 aliphatic carbocycles. The molecule has 3 rings (SSSR count). The van der Waals surface area contributed by atoms with Gasteiger partial charge in [0.25, 0.3) is 0 Å². The number of aliphatic hydroxyl groups excluding tert-OH is 11. The summed E-state index contributed by atoms with van der Waals surface area (Å²) in [5.41, 5.74) is 0. The third-order valence-corrected chi connectivity index (χ3v) is 17.3.